The van der Waals surface area contributed by atoms with Crippen molar-refractivity contribution >= 4 is 45.9 Å². The zero-order valence-corrected chi connectivity index (χ0v) is 20.5. The Hall–Kier alpha value is -3.44. The van der Waals surface area contributed by atoms with Crippen molar-refractivity contribution in [2.75, 3.05) is 17.7 Å². The smallest absolute Gasteiger partial charge is 0.341 e. The number of carbonyl (C=O) groups excluding carboxylic acids is 3. The van der Waals surface area contributed by atoms with E-state index >= 15 is 0 Å². The number of allylic oxidation sites excluding steroid dienone is 1. The number of nitrogens with zero attached hydrogens (tertiary/aromatic N) is 3. The van der Waals surface area contributed by atoms with E-state index in [1.165, 1.54) is 11.8 Å². The molecule has 34 heavy (non-hydrogen) atoms. The predicted molar refractivity (Wildman–Crippen MR) is 132 cm³/mol. The molecule has 1 aromatic carbocycles. The molecule has 0 saturated heterocycles. The van der Waals surface area contributed by atoms with Gasteiger partial charge in [0.15, 0.2) is 5.16 Å². The number of nitrogens with one attached hydrogen (secondary N) is 1. The van der Waals surface area contributed by atoms with Gasteiger partial charge in [0.1, 0.15) is 10.8 Å². The Morgan fingerprint density at radius 2 is 2.00 bits per heavy atom. The number of thioether (sulfide) groups is 1. The SMILES string of the molecule is C=CCn1c(Cc2ccccc2)nnc1SCC(=O)Nc1sc(C(N)=O)c(C)c1C(=O)OCC. The standard InChI is InChI=1S/C23H25N5O4S2/c1-4-11-28-16(12-15-9-7-6-8-10-15)26-27-23(28)33-13-17(29)25-21-18(22(31)32-5-2)14(3)19(34-21)20(24)30/h4,6-10H,1,5,11-13H2,2-3H3,(H2,24,30)(H,25,29). The first-order valence-electron chi connectivity index (χ1n) is 10.5. The largest absolute Gasteiger partial charge is 0.462 e. The molecule has 3 N–H and O–H groups in total. The molecule has 9 nitrogen and oxygen atoms in total. The van der Waals surface area contributed by atoms with Crippen LogP contribution in [0, 0.1) is 6.92 Å². The van der Waals surface area contributed by atoms with E-state index in [0.717, 1.165) is 22.7 Å². The Morgan fingerprint density at radius 3 is 2.65 bits per heavy atom. The molecular formula is C23H25N5O4S2. The topological polar surface area (TPSA) is 129 Å². The molecule has 0 aliphatic heterocycles. The van der Waals surface area contributed by atoms with Gasteiger partial charge in [0, 0.05) is 13.0 Å². The van der Waals surface area contributed by atoms with E-state index in [2.05, 4.69) is 22.1 Å². The fraction of sp³-hybridized carbons (Fsp3) is 0.261. The van der Waals surface area contributed by atoms with Crippen molar-refractivity contribution in [3.8, 4) is 0 Å². The van der Waals surface area contributed by atoms with Crippen molar-refractivity contribution in [2.24, 2.45) is 5.73 Å². The summed E-state index contributed by atoms with van der Waals surface area (Å²) in [6.45, 7) is 7.73. The van der Waals surface area contributed by atoms with E-state index in [1.807, 2.05) is 34.9 Å². The van der Waals surface area contributed by atoms with Gasteiger partial charge in [-0.1, -0.05) is 48.2 Å². The van der Waals surface area contributed by atoms with Gasteiger partial charge in [0.2, 0.25) is 5.91 Å². The monoisotopic (exact) mass is 499 g/mol. The average Bonchev–Trinajstić information content (AvgIpc) is 3.33. The number of thiophene rings is 1. The number of amides is 2. The zero-order chi connectivity index (χ0) is 24.7. The van der Waals surface area contributed by atoms with Crippen molar-refractivity contribution in [1.29, 1.82) is 0 Å². The number of primary amides is 1. The van der Waals surface area contributed by atoms with Gasteiger partial charge in [-0.25, -0.2) is 4.79 Å². The number of benzene rings is 1. The molecule has 0 atom stereocenters. The summed E-state index contributed by atoms with van der Waals surface area (Å²) in [5, 5.41) is 12.0. The average molecular weight is 500 g/mol. The fourth-order valence-electron chi connectivity index (χ4n) is 3.23. The molecule has 0 bridgehead atoms. The lowest BCUT2D eigenvalue weighted by atomic mass is 10.1. The van der Waals surface area contributed by atoms with E-state index in [1.54, 1.807) is 19.9 Å². The van der Waals surface area contributed by atoms with Gasteiger partial charge in [-0.05, 0) is 25.0 Å². The van der Waals surface area contributed by atoms with Crippen LogP contribution in [0.25, 0.3) is 0 Å². The van der Waals surface area contributed by atoms with Crippen molar-refractivity contribution in [2.45, 2.75) is 32.0 Å². The van der Waals surface area contributed by atoms with Crippen LogP contribution in [-0.4, -0.2) is 44.9 Å². The number of nitrogens with two attached hydrogens (primary N) is 1. The van der Waals surface area contributed by atoms with E-state index < -0.39 is 11.9 Å². The van der Waals surface area contributed by atoms with Gasteiger partial charge in [0.05, 0.1) is 22.8 Å². The molecule has 0 aliphatic carbocycles. The molecule has 0 radical (unpaired) electrons. The van der Waals surface area contributed by atoms with E-state index in [-0.39, 0.29) is 33.7 Å². The van der Waals surface area contributed by atoms with Gasteiger partial charge in [0.25, 0.3) is 5.91 Å². The third-order valence-electron chi connectivity index (χ3n) is 4.75. The third kappa shape index (κ3) is 5.91. The maximum atomic E-state index is 12.7. The van der Waals surface area contributed by atoms with Crippen LogP contribution in [0.1, 0.15) is 43.9 Å². The molecule has 0 saturated carbocycles. The zero-order valence-electron chi connectivity index (χ0n) is 18.9. The molecule has 11 heteroatoms. The van der Waals surface area contributed by atoms with Crippen LogP contribution in [0.2, 0.25) is 0 Å². The molecule has 2 heterocycles. The number of hydrogen-bond donors (Lipinski definition) is 2. The molecule has 3 aromatic rings. The first-order valence-corrected chi connectivity index (χ1v) is 12.3. The summed E-state index contributed by atoms with van der Waals surface area (Å²) in [7, 11) is 0. The summed E-state index contributed by atoms with van der Waals surface area (Å²) in [5.41, 5.74) is 7.03. The van der Waals surface area contributed by atoms with Crippen LogP contribution in [0.4, 0.5) is 5.00 Å². The molecule has 2 amide bonds. The molecule has 2 aromatic heterocycles. The molecular weight excluding hydrogens is 474 g/mol. The van der Waals surface area contributed by atoms with Gasteiger partial charge in [-0.2, -0.15) is 0 Å². The highest BCUT2D eigenvalue weighted by atomic mass is 32.2. The highest BCUT2D eigenvalue weighted by Gasteiger charge is 2.26. The minimum Gasteiger partial charge on any atom is -0.462 e. The highest BCUT2D eigenvalue weighted by molar-refractivity contribution is 7.99. The van der Waals surface area contributed by atoms with Crippen molar-refractivity contribution in [1.82, 2.24) is 14.8 Å². The second-order valence-electron chi connectivity index (χ2n) is 7.14. The predicted octanol–water partition coefficient (Wildman–Crippen LogP) is 3.43. The highest BCUT2D eigenvalue weighted by Crippen LogP contribution is 2.33. The summed E-state index contributed by atoms with van der Waals surface area (Å²) in [6.07, 6.45) is 2.34. The maximum Gasteiger partial charge on any atom is 0.341 e. The maximum absolute atomic E-state index is 12.7. The molecule has 0 spiro atoms. The molecule has 0 fully saturated rings. The molecule has 0 unspecified atom stereocenters. The van der Waals surface area contributed by atoms with Crippen LogP contribution < -0.4 is 11.1 Å². The summed E-state index contributed by atoms with van der Waals surface area (Å²) < 4.78 is 6.98. The van der Waals surface area contributed by atoms with Gasteiger partial charge in [-0.3, -0.25) is 9.59 Å². The lowest BCUT2D eigenvalue weighted by Crippen LogP contribution is -2.17. The second-order valence-corrected chi connectivity index (χ2v) is 9.11. The summed E-state index contributed by atoms with van der Waals surface area (Å²) in [6, 6.07) is 9.90. The lowest BCUT2D eigenvalue weighted by Gasteiger charge is -2.09. The number of hydrogen-bond acceptors (Lipinski definition) is 8. The Kier molecular flexibility index (Phi) is 8.61. The van der Waals surface area contributed by atoms with Gasteiger partial charge < -0.3 is 20.4 Å². The number of rotatable bonds is 11. The van der Waals surface area contributed by atoms with Crippen molar-refractivity contribution in [3.05, 3.63) is 70.4 Å². The fourth-order valence-corrected chi connectivity index (χ4v) is 5.06. The van der Waals surface area contributed by atoms with E-state index in [9.17, 15) is 14.4 Å². The Morgan fingerprint density at radius 1 is 1.26 bits per heavy atom. The number of ether oxygens (including phenoxy) is 1. The van der Waals surface area contributed by atoms with Gasteiger partial charge >= 0.3 is 5.97 Å². The van der Waals surface area contributed by atoms with Crippen LogP contribution >= 0.6 is 23.1 Å². The molecule has 3 rings (SSSR count). The lowest BCUT2D eigenvalue weighted by molar-refractivity contribution is -0.113. The van der Waals surface area contributed by atoms with Crippen molar-refractivity contribution < 1.29 is 19.1 Å². The first-order chi connectivity index (χ1) is 16.3. The van der Waals surface area contributed by atoms with Gasteiger partial charge in [-0.15, -0.1) is 28.1 Å². The van der Waals surface area contributed by atoms with Crippen molar-refractivity contribution in [3.63, 3.8) is 0 Å². The number of aromatic nitrogens is 3. The van der Waals surface area contributed by atoms with Crippen LogP contribution in [0.5, 0.6) is 0 Å². The minimum absolute atomic E-state index is 0.0196. The third-order valence-corrected chi connectivity index (χ3v) is 6.93. The Balaban J connectivity index is 1.74. The summed E-state index contributed by atoms with van der Waals surface area (Å²) in [5.74, 6) is -0.885. The number of carbonyl (C=O) groups is 3. The van der Waals surface area contributed by atoms with E-state index in [4.69, 9.17) is 10.5 Å². The molecule has 0 aliphatic rings. The minimum atomic E-state index is -0.675. The normalized spacial score (nSPS) is 10.6. The first kappa shape index (κ1) is 25.2. The summed E-state index contributed by atoms with van der Waals surface area (Å²) >= 11 is 2.17. The Bertz CT molecular complexity index is 1200. The second kappa shape index (κ2) is 11.6. The Labute approximate surface area is 205 Å². The summed E-state index contributed by atoms with van der Waals surface area (Å²) in [4.78, 5) is 37.0. The number of esters is 1. The number of anilines is 1. The van der Waals surface area contributed by atoms with E-state index in [0.29, 0.717) is 23.7 Å². The van der Waals surface area contributed by atoms with Crippen LogP contribution in [0.15, 0.2) is 48.1 Å². The molecule has 178 valence electrons. The quantitative estimate of drug-likeness (QED) is 0.235. The van der Waals surface area contributed by atoms with Crippen LogP contribution in [0.3, 0.4) is 0 Å². The van der Waals surface area contributed by atoms with Crippen LogP contribution in [-0.2, 0) is 22.5 Å².